The summed E-state index contributed by atoms with van der Waals surface area (Å²) in [6.07, 6.45) is 13.6. The molecule has 0 bridgehead atoms. The number of unbranched alkanes of at least 4 members (excludes halogenated alkanes) is 6. The lowest BCUT2D eigenvalue weighted by atomic mass is 9.82. The number of para-hydroxylation sites is 1. The van der Waals surface area contributed by atoms with Crippen molar-refractivity contribution < 1.29 is 76.1 Å². The van der Waals surface area contributed by atoms with Crippen LogP contribution >= 0.6 is 11.3 Å². The maximum Gasteiger partial charge on any atom is 0.330 e. The molecule has 0 unspecified atom stereocenters. The molecular formula is C64H73N3O16S. The van der Waals surface area contributed by atoms with Crippen molar-refractivity contribution in [3.63, 3.8) is 0 Å². The third kappa shape index (κ3) is 19.6. The third-order valence-corrected chi connectivity index (χ3v) is 15.6. The number of carbonyl (C=O) groups is 6. The summed E-state index contributed by atoms with van der Waals surface area (Å²) in [5.74, 6) is -1.72. The molecule has 2 heterocycles. The molecule has 3 aliphatic rings. The van der Waals surface area contributed by atoms with E-state index in [1.807, 2.05) is 24.3 Å². The fourth-order valence-corrected chi connectivity index (χ4v) is 10.7. The van der Waals surface area contributed by atoms with Gasteiger partial charge in [0.15, 0.2) is 6.29 Å². The van der Waals surface area contributed by atoms with Crippen LogP contribution in [0.25, 0.3) is 10.2 Å². The van der Waals surface area contributed by atoms with Crippen LogP contribution in [0.4, 0.5) is 5.13 Å². The molecular weight excluding hydrogens is 1100 g/mol. The van der Waals surface area contributed by atoms with Crippen molar-refractivity contribution in [1.29, 1.82) is 0 Å². The Kier molecular flexibility index (Phi) is 24.2. The van der Waals surface area contributed by atoms with Crippen molar-refractivity contribution in [1.82, 2.24) is 4.98 Å². The number of benzene rings is 4. The Labute approximate surface area is 493 Å². The second-order valence-corrected chi connectivity index (χ2v) is 21.7. The van der Waals surface area contributed by atoms with Crippen LogP contribution in [0.5, 0.6) is 34.5 Å². The minimum absolute atomic E-state index is 0.189. The average molecular weight is 1170 g/mol. The normalized spacial score (nSPS) is 17.9. The largest absolute Gasteiger partial charge is 0.494 e. The van der Waals surface area contributed by atoms with Crippen molar-refractivity contribution in [2.24, 2.45) is 28.8 Å². The molecule has 1 aliphatic heterocycles. The second-order valence-electron chi connectivity index (χ2n) is 20.7. The van der Waals surface area contributed by atoms with Gasteiger partial charge in [-0.25, -0.2) is 19.6 Å². The molecule has 0 radical (unpaired) electrons. The molecule has 446 valence electrons. The number of carbonyl (C=O) groups excluding carboxylic acids is 6. The van der Waals surface area contributed by atoms with E-state index in [0.29, 0.717) is 125 Å². The van der Waals surface area contributed by atoms with Gasteiger partial charge in [0.2, 0.25) is 5.13 Å². The van der Waals surface area contributed by atoms with Gasteiger partial charge in [0, 0.05) is 17.7 Å². The molecule has 84 heavy (non-hydrogen) atoms. The van der Waals surface area contributed by atoms with E-state index >= 15 is 0 Å². The van der Waals surface area contributed by atoms with Crippen molar-refractivity contribution in [2.75, 3.05) is 51.2 Å². The van der Waals surface area contributed by atoms with Gasteiger partial charge in [-0.1, -0.05) is 36.6 Å². The number of hydrazone groups is 1. The van der Waals surface area contributed by atoms with Gasteiger partial charge in [-0.2, -0.15) is 5.10 Å². The van der Waals surface area contributed by atoms with Gasteiger partial charge in [0.1, 0.15) is 34.5 Å². The van der Waals surface area contributed by atoms with Gasteiger partial charge in [-0.3, -0.25) is 19.2 Å². The Balaban J connectivity index is 0.832. The van der Waals surface area contributed by atoms with Crippen molar-refractivity contribution in [3.8, 4) is 34.5 Å². The number of aromatic nitrogens is 1. The highest BCUT2D eigenvalue weighted by Crippen LogP contribution is 2.36. The molecule has 0 N–H and O–H groups in total. The van der Waals surface area contributed by atoms with Crippen molar-refractivity contribution in [2.45, 2.75) is 109 Å². The molecule has 2 saturated carbocycles. The number of hydrogen-bond acceptors (Lipinski definition) is 20. The Bertz CT molecular complexity index is 2980. The molecule has 0 atom stereocenters. The van der Waals surface area contributed by atoms with E-state index in [0.717, 1.165) is 73.7 Å². The highest BCUT2D eigenvalue weighted by atomic mass is 32.1. The maximum absolute atomic E-state index is 13.9. The third-order valence-electron chi connectivity index (χ3n) is 14.6. The number of hydrogen-bond donors (Lipinski definition) is 0. The van der Waals surface area contributed by atoms with E-state index in [4.69, 9.17) is 57.5 Å². The summed E-state index contributed by atoms with van der Waals surface area (Å²) in [6.45, 7) is 9.65. The minimum atomic E-state index is -0.570. The highest BCUT2D eigenvalue weighted by Gasteiger charge is 2.34. The quantitative estimate of drug-likeness (QED) is 0.0100. The molecule has 2 aliphatic carbocycles. The summed E-state index contributed by atoms with van der Waals surface area (Å²) in [5.41, 5.74) is 1.15. The number of nitrogens with zero attached hydrogens (tertiary/aromatic N) is 3. The summed E-state index contributed by atoms with van der Waals surface area (Å²) in [7, 11) is 0. The molecule has 8 rings (SSSR count). The first-order chi connectivity index (χ1) is 41.0. The van der Waals surface area contributed by atoms with Crippen LogP contribution in [0.1, 0.15) is 108 Å². The van der Waals surface area contributed by atoms with Gasteiger partial charge >= 0.3 is 35.8 Å². The fourth-order valence-electron chi connectivity index (χ4n) is 9.80. The number of esters is 6. The Morgan fingerprint density at radius 2 is 0.964 bits per heavy atom. The standard InChI is InChI=1S/C64H73N3O16S/c1-3-57(68)76-37-13-7-5-11-35-74-49-25-29-51(30-26-49)80-60(70)44-17-19-46(20-18-44)62(72)82-53-33-34-55(48(41-53)42-65-67(43-59-78-39-40-79-59)64-66-54-15-9-10-16-56(54)84-64)83-63(73)47-23-21-45(22-24-47)61(71)81-52-31-27-50(28-32-52)75-36-12-6-8-14-38-77-58(69)4-2/h3-4,9-10,15-16,25-34,41-42,44-47,59H,1-2,5-8,11-14,17-24,35-40,43H2/b65-42+. The van der Waals surface area contributed by atoms with E-state index in [2.05, 4.69) is 13.2 Å². The smallest absolute Gasteiger partial charge is 0.330 e. The SMILES string of the molecule is C=CC(=O)OCCCCCCOc1ccc(OC(=O)C2CCC(C(=O)Oc3ccc(OC(=O)C4CCC(C(=O)Oc5ccc(OCCCCCCOC(=O)C=C)cc5)CC4)c(/C=N/N(CC4OCCO4)c4nc5ccccc5s4)c3)CC2)cc1. The summed E-state index contributed by atoms with van der Waals surface area (Å²) in [5, 5.41) is 7.09. The Morgan fingerprint density at radius 1 is 0.536 bits per heavy atom. The molecule has 3 fully saturated rings. The zero-order valence-electron chi connectivity index (χ0n) is 47.2. The lowest BCUT2D eigenvalue weighted by Crippen LogP contribution is -2.31. The zero-order valence-corrected chi connectivity index (χ0v) is 48.1. The van der Waals surface area contributed by atoms with Crippen LogP contribution in [0.2, 0.25) is 0 Å². The lowest BCUT2D eigenvalue weighted by Gasteiger charge is -2.26. The average Bonchev–Trinajstić information content (AvgIpc) is 4.40. The van der Waals surface area contributed by atoms with Gasteiger partial charge in [-0.05, 0) is 182 Å². The number of thiazole rings is 1. The Morgan fingerprint density at radius 3 is 1.44 bits per heavy atom. The second kappa shape index (κ2) is 32.8. The first kappa shape index (κ1) is 62.1. The number of ether oxygens (including phenoxy) is 10. The monoisotopic (exact) mass is 1170 g/mol. The fraction of sp³-hybridized carbons (Fsp3) is 0.438. The molecule has 4 aromatic carbocycles. The summed E-state index contributed by atoms with van der Waals surface area (Å²) in [6, 6.07) is 26.3. The zero-order chi connectivity index (χ0) is 58.9. The molecule has 0 spiro atoms. The summed E-state index contributed by atoms with van der Waals surface area (Å²) in [4.78, 5) is 81.4. The van der Waals surface area contributed by atoms with Gasteiger partial charge in [0.25, 0.3) is 0 Å². The van der Waals surface area contributed by atoms with Crippen LogP contribution in [0.15, 0.2) is 121 Å². The summed E-state index contributed by atoms with van der Waals surface area (Å²) < 4.78 is 57.8. The molecule has 19 nitrogen and oxygen atoms in total. The van der Waals surface area contributed by atoms with Crippen LogP contribution in [-0.4, -0.2) is 99.5 Å². The van der Waals surface area contributed by atoms with Crippen LogP contribution in [0, 0.1) is 23.7 Å². The van der Waals surface area contributed by atoms with Crippen LogP contribution in [-0.2, 0) is 47.7 Å². The lowest BCUT2D eigenvalue weighted by molar-refractivity contribution is -0.145. The molecule has 5 aromatic rings. The van der Waals surface area contributed by atoms with Gasteiger partial charge < -0.3 is 47.4 Å². The Hall–Kier alpha value is -7.94. The molecule has 1 saturated heterocycles. The topological polar surface area (TPSA) is 223 Å². The minimum Gasteiger partial charge on any atom is -0.494 e. The first-order valence-electron chi connectivity index (χ1n) is 29.0. The maximum atomic E-state index is 13.9. The molecule has 1 aromatic heterocycles. The van der Waals surface area contributed by atoms with E-state index in [-0.39, 0.29) is 30.0 Å². The molecule has 20 heteroatoms. The van der Waals surface area contributed by atoms with E-state index in [9.17, 15) is 28.8 Å². The van der Waals surface area contributed by atoms with Crippen molar-refractivity contribution >= 4 is 68.7 Å². The van der Waals surface area contributed by atoms with Crippen molar-refractivity contribution in [3.05, 3.63) is 122 Å². The van der Waals surface area contributed by atoms with Gasteiger partial charge in [-0.15, -0.1) is 0 Å². The number of rotatable bonds is 31. The highest BCUT2D eigenvalue weighted by molar-refractivity contribution is 7.22. The molecule has 0 amide bonds. The number of fused-ring (bicyclic) bond motifs is 1. The van der Waals surface area contributed by atoms with E-state index in [1.54, 1.807) is 71.7 Å². The van der Waals surface area contributed by atoms with E-state index < -0.39 is 53.8 Å². The number of anilines is 1. The predicted octanol–water partition coefficient (Wildman–Crippen LogP) is 11.5. The summed E-state index contributed by atoms with van der Waals surface area (Å²) >= 11 is 1.44. The van der Waals surface area contributed by atoms with Gasteiger partial charge in [0.05, 0.1) is 86.3 Å². The predicted molar refractivity (Wildman–Crippen MR) is 313 cm³/mol. The first-order valence-corrected chi connectivity index (χ1v) is 29.8. The van der Waals surface area contributed by atoms with Crippen LogP contribution in [0.3, 0.4) is 0 Å². The van der Waals surface area contributed by atoms with Crippen LogP contribution < -0.4 is 33.4 Å². The van der Waals surface area contributed by atoms with E-state index in [1.165, 1.54) is 17.6 Å².